The molecule has 2 aliphatic heterocycles. The molecule has 0 saturated carbocycles. The number of guanidine groups is 1. The molecule has 1 spiro atoms. The molecule has 1 aromatic rings. The second kappa shape index (κ2) is 4.46. The summed E-state index contributed by atoms with van der Waals surface area (Å²) in [7, 11) is 0. The number of anilines is 1. The number of aliphatic imine (C=N–C) groups is 1. The highest BCUT2D eigenvalue weighted by Crippen LogP contribution is 2.39. The van der Waals surface area contributed by atoms with Gasteiger partial charge in [0.1, 0.15) is 5.82 Å². The summed E-state index contributed by atoms with van der Waals surface area (Å²) in [5.74, 6) is 2.41. The molecule has 3 nitrogen and oxygen atoms in total. The van der Waals surface area contributed by atoms with E-state index >= 15 is 0 Å². The lowest BCUT2D eigenvalue weighted by Crippen LogP contribution is -2.54. The molecule has 2 heterocycles. The molecule has 1 saturated heterocycles. The third-order valence-electron chi connectivity index (χ3n) is 3.76. The van der Waals surface area contributed by atoms with Crippen LogP contribution in [0.3, 0.4) is 0 Å². The van der Waals surface area contributed by atoms with Crippen LogP contribution in [-0.4, -0.2) is 29.5 Å². The lowest BCUT2D eigenvalue weighted by Gasteiger charge is -2.41. The quantitative estimate of drug-likeness (QED) is 0.846. The third-order valence-corrected chi connectivity index (χ3v) is 4.74. The van der Waals surface area contributed by atoms with Crippen LogP contribution in [0.25, 0.3) is 0 Å². The Bertz CT molecular complexity index is 483. The van der Waals surface area contributed by atoms with Crippen LogP contribution in [0, 0.1) is 5.82 Å². The number of rotatable bonds is 1. The summed E-state index contributed by atoms with van der Waals surface area (Å²) in [6, 6.07) is 6.81. The van der Waals surface area contributed by atoms with Gasteiger partial charge in [0, 0.05) is 0 Å². The average Bonchev–Trinajstić information content (AvgIpc) is 2.69. The minimum absolute atomic E-state index is 0.0997. The van der Waals surface area contributed by atoms with Crippen LogP contribution in [0.15, 0.2) is 29.3 Å². The van der Waals surface area contributed by atoms with Crippen molar-refractivity contribution in [3.8, 4) is 0 Å². The molecular weight excluding hydrogens is 249 g/mol. The van der Waals surface area contributed by atoms with Crippen molar-refractivity contribution in [1.29, 1.82) is 0 Å². The number of para-hydroxylation sites is 1. The lowest BCUT2D eigenvalue weighted by molar-refractivity contribution is 0.420. The van der Waals surface area contributed by atoms with Crippen LogP contribution in [-0.2, 0) is 0 Å². The molecule has 18 heavy (non-hydrogen) atoms. The normalized spacial score (nSPS) is 22.3. The van der Waals surface area contributed by atoms with E-state index in [4.69, 9.17) is 5.73 Å². The van der Waals surface area contributed by atoms with Gasteiger partial charge in [0.25, 0.3) is 0 Å². The molecule has 0 aliphatic carbocycles. The predicted octanol–water partition coefficient (Wildman–Crippen LogP) is 2.23. The Hall–Kier alpha value is -1.23. The second-order valence-corrected chi connectivity index (χ2v) is 6.02. The van der Waals surface area contributed by atoms with Gasteiger partial charge in [-0.3, -0.25) is 4.99 Å². The van der Waals surface area contributed by atoms with Crippen molar-refractivity contribution in [2.75, 3.05) is 23.0 Å². The smallest absolute Gasteiger partial charge is 0.196 e. The maximum atomic E-state index is 14.0. The van der Waals surface area contributed by atoms with Gasteiger partial charge in [0.05, 0.1) is 17.8 Å². The first-order valence-electron chi connectivity index (χ1n) is 6.15. The molecule has 1 fully saturated rings. The molecule has 0 radical (unpaired) electrons. The highest BCUT2D eigenvalue weighted by molar-refractivity contribution is 7.99. The first-order chi connectivity index (χ1) is 8.73. The van der Waals surface area contributed by atoms with Crippen LogP contribution in [0.2, 0.25) is 0 Å². The zero-order valence-electron chi connectivity index (χ0n) is 10.1. The van der Waals surface area contributed by atoms with E-state index in [-0.39, 0.29) is 11.4 Å². The Balaban J connectivity index is 2.01. The summed E-state index contributed by atoms with van der Waals surface area (Å²) in [6.45, 7) is 0.688. The van der Waals surface area contributed by atoms with E-state index < -0.39 is 0 Å². The second-order valence-electron chi connectivity index (χ2n) is 4.80. The van der Waals surface area contributed by atoms with E-state index in [1.165, 1.54) is 6.07 Å². The molecule has 0 bridgehead atoms. The number of thioether (sulfide) groups is 1. The molecule has 2 N–H and O–H groups in total. The van der Waals surface area contributed by atoms with Crippen molar-refractivity contribution in [3.05, 3.63) is 30.1 Å². The monoisotopic (exact) mass is 265 g/mol. The van der Waals surface area contributed by atoms with E-state index in [9.17, 15) is 4.39 Å². The molecule has 0 atom stereocenters. The fraction of sp³-hybridized carbons (Fsp3) is 0.462. The minimum Gasteiger partial charge on any atom is -0.369 e. The fourth-order valence-electron chi connectivity index (χ4n) is 2.76. The summed E-state index contributed by atoms with van der Waals surface area (Å²) >= 11 is 1.95. The molecular formula is C13H16FN3S. The van der Waals surface area contributed by atoms with Gasteiger partial charge in [0.2, 0.25) is 0 Å². The van der Waals surface area contributed by atoms with Crippen LogP contribution in [0.5, 0.6) is 0 Å². The average molecular weight is 265 g/mol. The van der Waals surface area contributed by atoms with Crippen LogP contribution in [0.4, 0.5) is 10.1 Å². The number of halogens is 1. The van der Waals surface area contributed by atoms with E-state index in [1.807, 2.05) is 22.7 Å². The molecule has 2 aliphatic rings. The number of hydrogen-bond donors (Lipinski definition) is 1. The first-order valence-corrected chi connectivity index (χ1v) is 7.31. The molecule has 0 amide bonds. The zero-order chi connectivity index (χ0) is 12.6. The first kappa shape index (κ1) is 11.8. The van der Waals surface area contributed by atoms with E-state index in [2.05, 4.69) is 4.99 Å². The van der Waals surface area contributed by atoms with Crippen LogP contribution >= 0.6 is 11.8 Å². The maximum absolute atomic E-state index is 14.0. The van der Waals surface area contributed by atoms with Crippen molar-refractivity contribution in [1.82, 2.24) is 0 Å². The topological polar surface area (TPSA) is 41.6 Å². The Morgan fingerprint density at radius 3 is 2.72 bits per heavy atom. The number of benzene rings is 1. The van der Waals surface area contributed by atoms with Crippen molar-refractivity contribution in [2.24, 2.45) is 10.7 Å². The standard InChI is InChI=1S/C13H16FN3S/c14-10-3-1-2-4-11(10)17-12(15)16-9-13(17)5-7-18-8-6-13/h1-4H,5-9H2,(H2,15,16). The summed E-state index contributed by atoms with van der Waals surface area (Å²) in [5, 5.41) is 0. The van der Waals surface area contributed by atoms with Crippen molar-refractivity contribution >= 4 is 23.4 Å². The Kier molecular flexibility index (Phi) is 2.93. The number of hydrogen-bond acceptors (Lipinski definition) is 4. The zero-order valence-corrected chi connectivity index (χ0v) is 10.9. The summed E-state index contributed by atoms with van der Waals surface area (Å²) in [4.78, 5) is 6.28. The largest absolute Gasteiger partial charge is 0.369 e. The highest BCUT2D eigenvalue weighted by atomic mass is 32.2. The van der Waals surface area contributed by atoms with E-state index in [0.717, 1.165) is 24.3 Å². The Labute approximate surface area is 110 Å². The number of nitrogens with zero attached hydrogens (tertiary/aromatic N) is 2. The molecule has 3 rings (SSSR count). The van der Waals surface area contributed by atoms with Crippen LogP contribution < -0.4 is 10.6 Å². The Morgan fingerprint density at radius 2 is 2.00 bits per heavy atom. The molecule has 0 unspecified atom stereocenters. The summed E-state index contributed by atoms with van der Waals surface area (Å²) < 4.78 is 14.0. The van der Waals surface area contributed by atoms with Crippen molar-refractivity contribution < 1.29 is 4.39 Å². The highest BCUT2D eigenvalue weighted by Gasteiger charge is 2.44. The number of nitrogens with two attached hydrogens (primary N) is 1. The van der Waals surface area contributed by atoms with Crippen LogP contribution in [0.1, 0.15) is 12.8 Å². The maximum Gasteiger partial charge on any atom is 0.196 e. The van der Waals surface area contributed by atoms with Gasteiger partial charge in [-0.05, 0) is 36.5 Å². The van der Waals surface area contributed by atoms with Gasteiger partial charge in [-0.2, -0.15) is 11.8 Å². The molecule has 0 aromatic heterocycles. The minimum atomic E-state index is -0.227. The Morgan fingerprint density at radius 1 is 1.28 bits per heavy atom. The fourth-order valence-corrected chi connectivity index (χ4v) is 4.01. The van der Waals surface area contributed by atoms with Gasteiger partial charge in [-0.15, -0.1) is 0 Å². The lowest BCUT2D eigenvalue weighted by atomic mass is 9.90. The summed E-state index contributed by atoms with van der Waals surface area (Å²) in [6.07, 6.45) is 2.02. The van der Waals surface area contributed by atoms with Crippen molar-refractivity contribution in [2.45, 2.75) is 18.4 Å². The summed E-state index contributed by atoms with van der Waals surface area (Å²) in [5.41, 5.74) is 6.45. The van der Waals surface area contributed by atoms with Gasteiger partial charge < -0.3 is 10.6 Å². The van der Waals surface area contributed by atoms with Gasteiger partial charge in [0.15, 0.2) is 5.96 Å². The van der Waals surface area contributed by atoms with Crippen molar-refractivity contribution in [3.63, 3.8) is 0 Å². The van der Waals surface area contributed by atoms with Gasteiger partial charge >= 0.3 is 0 Å². The van der Waals surface area contributed by atoms with E-state index in [1.54, 1.807) is 12.1 Å². The van der Waals surface area contributed by atoms with Gasteiger partial charge in [-0.25, -0.2) is 4.39 Å². The molecule has 1 aromatic carbocycles. The third kappa shape index (κ3) is 1.77. The van der Waals surface area contributed by atoms with Gasteiger partial charge in [-0.1, -0.05) is 12.1 Å². The SMILES string of the molecule is NC1=NCC2(CCSCC2)N1c1ccccc1F. The molecule has 96 valence electrons. The van der Waals surface area contributed by atoms with E-state index in [0.29, 0.717) is 18.2 Å². The predicted molar refractivity (Wildman–Crippen MR) is 74.7 cm³/mol. The molecule has 5 heteroatoms.